The van der Waals surface area contributed by atoms with E-state index in [9.17, 15) is 18.0 Å². The number of rotatable bonds is 4. The van der Waals surface area contributed by atoms with Crippen LogP contribution in [0.15, 0.2) is 12.4 Å². The summed E-state index contributed by atoms with van der Waals surface area (Å²) in [7, 11) is 0. The lowest BCUT2D eigenvalue weighted by molar-refractivity contribution is -0.174. The van der Waals surface area contributed by atoms with Crippen molar-refractivity contribution >= 4 is 5.91 Å². The maximum atomic E-state index is 12.2. The lowest BCUT2D eigenvalue weighted by atomic mass is 10.1. The van der Waals surface area contributed by atoms with Gasteiger partial charge in [0.25, 0.3) is 0 Å². The molecule has 4 nitrogen and oxygen atoms in total. The number of hydrogen-bond acceptors (Lipinski definition) is 3. The van der Waals surface area contributed by atoms with Crippen molar-refractivity contribution < 1.29 is 18.0 Å². The van der Waals surface area contributed by atoms with Gasteiger partial charge in [-0.2, -0.15) is 13.2 Å². The molecule has 1 atom stereocenters. The summed E-state index contributed by atoms with van der Waals surface area (Å²) in [6.07, 6.45) is -1.96. The second kappa shape index (κ2) is 5.79. The molecule has 1 aromatic heterocycles. The quantitative estimate of drug-likeness (QED) is 0.901. The van der Waals surface area contributed by atoms with Crippen LogP contribution < -0.4 is 5.32 Å². The molecule has 1 unspecified atom stereocenters. The fourth-order valence-electron chi connectivity index (χ4n) is 1.26. The van der Waals surface area contributed by atoms with Crippen molar-refractivity contribution in [2.75, 3.05) is 0 Å². The molecule has 0 spiro atoms. The maximum Gasteiger partial charge on any atom is 0.392 e. The molecule has 0 aromatic carbocycles. The van der Waals surface area contributed by atoms with Crippen LogP contribution in [0.3, 0.4) is 0 Å². The Morgan fingerprint density at radius 1 is 1.39 bits per heavy atom. The average molecular weight is 261 g/mol. The van der Waals surface area contributed by atoms with Crippen molar-refractivity contribution in [2.24, 2.45) is 5.92 Å². The first-order valence-corrected chi connectivity index (χ1v) is 5.40. The Balaban J connectivity index is 2.45. The van der Waals surface area contributed by atoms with Crippen molar-refractivity contribution in [3.05, 3.63) is 23.8 Å². The number of amides is 1. The summed E-state index contributed by atoms with van der Waals surface area (Å²) in [5.41, 5.74) is 1.19. The van der Waals surface area contributed by atoms with E-state index in [2.05, 4.69) is 15.3 Å². The molecule has 0 bridgehead atoms. The molecule has 18 heavy (non-hydrogen) atoms. The van der Waals surface area contributed by atoms with Crippen LogP contribution in [-0.4, -0.2) is 22.1 Å². The van der Waals surface area contributed by atoms with Crippen LogP contribution in [0.2, 0.25) is 0 Å². The molecule has 1 heterocycles. The minimum Gasteiger partial charge on any atom is -0.350 e. The van der Waals surface area contributed by atoms with Crippen molar-refractivity contribution in [3.8, 4) is 0 Å². The van der Waals surface area contributed by atoms with Crippen LogP contribution >= 0.6 is 0 Å². The zero-order valence-corrected chi connectivity index (χ0v) is 10.1. The van der Waals surface area contributed by atoms with Crippen molar-refractivity contribution in [2.45, 2.75) is 33.0 Å². The minimum atomic E-state index is -4.35. The Labute approximate surface area is 103 Å². The predicted octanol–water partition coefficient (Wildman–Crippen LogP) is 1.99. The zero-order chi connectivity index (χ0) is 13.8. The van der Waals surface area contributed by atoms with Gasteiger partial charge in [-0.05, 0) is 6.92 Å². The van der Waals surface area contributed by atoms with Gasteiger partial charge < -0.3 is 5.32 Å². The molecule has 1 rings (SSSR count). The van der Waals surface area contributed by atoms with E-state index in [0.29, 0.717) is 11.4 Å². The summed E-state index contributed by atoms with van der Waals surface area (Å²) in [6, 6.07) is 0. The predicted molar refractivity (Wildman–Crippen MR) is 58.5 cm³/mol. The highest BCUT2D eigenvalue weighted by Crippen LogP contribution is 2.27. The number of aryl methyl sites for hydroxylation is 1. The number of alkyl halides is 3. The lowest BCUT2D eigenvalue weighted by Crippen LogP contribution is -2.30. The third-order valence-electron chi connectivity index (χ3n) is 2.49. The highest BCUT2D eigenvalue weighted by Gasteiger charge is 2.37. The topological polar surface area (TPSA) is 54.9 Å². The normalized spacial score (nSPS) is 13.2. The second-order valence-electron chi connectivity index (χ2n) is 4.01. The number of hydrogen-bond donors (Lipinski definition) is 1. The maximum absolute atomic E-state index is 12.2. The fourth-order valence-corrected chi connectivity index (χ4v) is 1.26. The van der Waals surface area contributed by atoms with Crippen LogP contribution in [0.1, 0.15) is 24.7 Å². The average Bonchev–Trinajstić information content (AvgIpc) is 2.26. The molecule has 1 amide bonds. The van der Waals surface area contributed by atoms with E-state index in [1.807, 2.05) is 0 Å². The first kappa shape index (κ1) is 14.4. The summed E-state index contributed by atoms with van der Waals surface area (Å²) in [5.74, 6) is -2.30. The number of aromatic nitrogens is 2. The van der Waals surface area contributed by atoms with Gasteiger partial charge in [0.15, 0.2) is 0 Å². The molecular weight excluding hydrogens is 247 g/mol. The summed E-state index contributed by atoms with van der Waals surface area (Å²) in [6.45, 7) is 2.78. The number of nitrogens with one attached hydrogen (secondary N) is 1. The van der Waals surface area contributed by atoms with Gasteiger partial charge in [0, 0.05) is 18.8 Å². The summed E-state index contributed by atoms with van der Waals surface area (Å²) < 4.78 is 36.7. The van der Waals surface area contributed by atoms with Gasteiger partial charge >= 0.3 is 6.18 Å². The molecule has 1 N–H and O–H groups in total. The Hall–Kier alpha value is -1.66. The van der Waals surface area contributed by atoms with E-state index in [-0.39, 0.29) is 6.54 Å². The molecule has 0 aliphatic heterocycles. The van der Waals surface area contributed by atoms with E-state index in [1.165, 1.54) is 12.4 Å². The van der Waals surface area contributed by atoms with E-state index < -0.39 is 24.4 Å². The van der Waals surface area contributed by atoms with Gasteiger partial charge in [0.2, 0.25) is 5.91 Å². The molecular formula is C11H14F3N3O. The molecule has 100 valence electrons. The second-order valence-corrected chi connectivity index (χ2v) is 4.01. The Morgan fingerprint density at radius 3 is 2.56 bits per heavy atom. The van der Waals surface area contributed by atoms with Crippen molar-refractivity contribution in [1.29, 1.82) is 0 Å². The summed E-state index contributed by atoms with van der Waals surface area (Å²) in [5, 5.41) is 2.40. The molecule has 0 radical (unpaired) electrons. The lowest BCUT2D eigenvalue weighted by Gasteiger charge is -2.15. The molecule has 0 saturated carbocycles. The van der Waals surface area contributed by atoms with Gasteiger partial charge in [-0.15, -0.1) is 0 Å². The Kier molecular flexibility index (Phi) is 4.63. The van der Waals surface area contributed by atoms with Gasteiger partial charge in [-0.3, -0.25) is 14.8 Å². The van der Waals surface area contributed by atoms with Crippen LogP contribution in [0, 0.1) is 12.8 Å². The smallest absolute Gasteiger partial charge is 0.350 e. The van der Waals surface area contributed by atoms with Crippen molar-refractivity contribution in [3.63, 3.8) is 0 Å². The molecule has 0 saturated heterocycles. The fraction of sp³-hybridized carbons (Fsp3) is 0.545. The highest BCUT2D eigenvalue weighted by atomic mass is 19.4. The Morgan fingerprint density at radius 2 is 2.00 bits per heavy atom. The van der Waals surface area contributed by atoms with Gasteiger partial charge in [-0.1, -0.05) is 6.92 Å². The number of carbonyl (C=O) groups is 1. The zero-order valence-electron chi connectivity index (χ0n) is 10.1. The summed E-state index contributed by atoms with van der Waals surface area (Å²) >= 11 is 0. The van der Waals surface area contributed by atoms with Crippen LogP contribution in [-0.2, 0) is 11.3 Å². The van der Waals surface area contributed by atoms with Crippen LogP contribution in [0.25, 0.3) is 0 Å². The first-order valence-electron chi connectivity index (χ1n) is 5.40. The first-order chi connectivity index (χ1) is 8.30. The third kappa shape index (κ3) is 4.31. The number of halogens is 3. The molecule has 7 heteroatoms. The largest absolute Gasteiger partial charge is 0.392 e. The van der Waals surface area contributed by atoms with E-state index in [0.717, 1.165) is 6.92 Å². The summed E-state index contributed by atoms with van der Waals surface area (Å²) in [4.78, 5) is 19.3. The van der Waals surface area contributed by atoms with Gasteiger partial charge in [0.05, 0.1) is 23.9 Å². The highest BCUT2D eigenvalue weighted by molar-refractivity contribution is 5.76. The SMILES string of the molecule is Cc1nccnc1CNC(=O)CC(C)C(F)(F)F. The molecule has 0 fully saturated rings. The standard InChI is InChI=1S/C11H14F3N3O/c1-7(11(12,13)14)5-10(18)17-6-9-8(2)15-3-4-16-9/h3-4,7H,5-6H2,1-2H3,(H,17,18). The minimum absolute atomic E-state index is 0.0864. The molecule has 0 aliphatic rings. The Bertz CT molecular complexity index is 420. The number of nitrogens with zero attached hydrogens (tertiary/aromatic N) is 2. The monoisotopic (exact) mass is 261 g/mol. The molecule has 0 aliphatic carbocycles. The van der Waals surface area contributed by atoms with Gasteiger partial charge in [-0.25, -0.2) is 0 Å². The van der Waals surface area contributed by atoms with Crippen LogP contribution in [0.4, 0.5) is 13.2 Å². The van der Waals surface area contributed by atoms with E-state index >= 15 is 0 Å². The van der Waals surface area contributed by atoms with E-state index in [1.54, 1.807) is 6.92 Å². The van der Waals surface area contributed by atoms with Crippen molar-refractivity contribution in [1.82, 2.24) is 15.3 Å². The van der Waals surface area contributed by atoms with E-state index in [4.69, 9.17) is 0 Å². The van der Waals surface area contributed by atoms with Gasteiger partial charge in [0.1, 0.15) is 0 Å². The third-order valence-corrected chi connectivity index (χ3v) is 2.49. The molecule has 1 aromatic rings. The number of carbonyl (C=O) groups excluding carboxylic acids is 1. The van der Waals surface area contributed by atoms with Crippen LogP contribution in [0.5, 0.6) is 0 Å².